The van der Waals surface area contributed by atoms with Crippen LogP contribution in [0.2, 0.25) is 0 Å². The second kappa shape index (κ2) is 6.22. The molecule has 0 bridgehead atoms. The van der Waals surface area contributed by atoms with Crippen LogP contribution in [0.1, 0.15) is 5.69 Å². The van der Waals surface area contributed by atoms with Gasteiger partial charge in [-0.3, -0.25) is 4.98 Å². The highest BCUT2D eigenvalue weighted by Crippen LogP contribution is 2.25. The number of ether oxygens (including phenoxy) is 1. The maximum atomic E-state index is 5.29. The number of aromatic nitrogens is 2. The number of pyridine rings is 2. The van der Waals surface area contributed by atoms with E-state index in [1.165, 1.54) is 0 Å². The number of benzene rings is 1. The minimum Gasteiger partial charge on any atom is -0.497 e. The average molecular weight is 279 g/mol. The number of nitrogens with zero attached hydrogens (tertiary/aromatic N) is 2. The van der Waals surface area contributed by atoms with Gasteiger partial charge in [-0.05, 0) is 35.7 Å². The Labute approximate surface area is 123 Å². The smallest absolute Gasteiger partial charge is 0.133 e. The number of fused-ring (bicyclic) bond motifs is 1. The van der Waals surface area contributed by atoms with Crippen molar-refractivity contribution in [1.29, 1.82) is 0 Å². The predicted octanol–water partition coefficient (Wildman–Crippen LogP) is 3.29. The van der Waals surface area contributed by atoms with Crippen molar-refractivity contribution in [3.63, 3.8) is 0 Å². The Morgan fingerprint density at radius 3 is 2.81 bits per heavy atom. The normalized spacial score (nSPS) is 10.5. The van der Waals surface area contributed by atoms with Crippen LogP contribution in [-0.4, -0.2) is 23.6 Å². The second-order valence-corrected chi connectivity index (χ2v) is 4.74. The lowest BCUT2D eigenvalue weighted by Gasteiger charge is -2.09. The van der Waals surface area contributed by atoms with Gasteiger partial charge in [-0.2, -0.15) is 0 Å². The van der Waals surface area contributed by atoms with Gasteiger partial charge in [-0.15, -0.1) is 0 Å². The molecule has 4 heteroatoms. The second-order valence-electron chi connectivity index (χ2n) is 4.74. The van der Waals surface area contributed by atoms with Crippen LogP contribution in [0.3, 0.4) is 0 Å². The number of nitrogens with one attached hydrogen (secondary N) is 1. The molecule has 0 saturated carbocycles. The van der Waals surface area contributed by atoms with E-state index in [1.54, 1.807) is 7.11 Å². The van der Waals surface area contributed by atoms with Crippen LogP contribution in [0.4, 0.5) is 5.82 Å². The molecule has 0 amide bonds. The van der Waals surface area contributed by atoms with Crippen LogP contribution in [0.25, 0.3) is 10.8 Å². The van der Waals surface area contributed by atoms with Crippen LogP contribution < -0.4 is 10.1 Å². The molecule has 0 radical (unpaired) electrons. The molecule has 3 aromatic rings. The fourth-order valence-electron chi connectivity index (χ4n) is 2.27. The van der Waals surface area contributed by atoms with Crippen LogP contribution in [-0.2, 0) is 6.42 Å². The van der Waals surface area contributed by atoms with Gasteiger partial charge in [0.15, 0.2) is 0 Å². The first-order valence-electron chi connectivity index (χ1n) is 6.93. The highest BCUT2D eigenvalue weighted by molar-refractivity contribution is 5.92. The molecule has 21 heavy (non-hydrogen) atoms. The van der Waals surface area contributed by atoms with Crippen LogP contribution >= 0.6 is 0 Å². The van der Waals surface area contributed by atoms with Crippen molar-refractivity contribution in [2.75, 3.05) is 19.0 Å². The van der Waals surface area contributed by atoms with Crippen molar-refractivity contribution >= 4 is 16.6 Å². The Balaban J connectivity index is 1.77. The summed E-state index contributed by atoms with van der Waals surface area (Å²) in [6.45, 7) is 0.792. The molecule has 0 spiro atoms. The molecule has 0 fully saturated rings. The highest BCUT2D eigenvalue weighted by Gasteiger charge is 2.04. The van der Waals surface area contributed by atoms with Crippen molar-refractivity contribution in [2.45, 2.75) is 6.42 Å². The van der Waals surface area contributed by atoms with Crippen LogP contribution in [0.5, 0.6) is 5.75 Å². The lowest BCUT2D eigenvalue weighted by molar-refractivity contribution is 0.415. The minimum atomic E-state index is 0.792. The van der Waals surface area contributed by atoms with Crippen molar-refractivity contribution < 1.29 is 4.74 Å². The van der Waals surface area contributed by atoms with E-state index in [9.17, 15) is 0 Å². The largest absolute Gasteiger partial charge is 0.497 e. The summed E-state index contributed by atoms with van der Waals surface area (Å²) in [6, 6.07) is 14.0. The Kier molecular flexibility index (Phi) is 3.96. The number of rotatable bonds is 5. The third kappa shape index (κ3) is 3.11. The number of hydrogen-bond donors (Lipinski definition) is 1. The SMILES string of the molecule is COc1ccc2ccnc(NCCc3ccccn3)c2c1. The lowest BCUT2D eigenvalue weighted by Crippen LogP contribution is -2.07. The van der Waals surface area contributed by atoms with Crippen LogP contribution in [0.15, 0.2) is 54.9 Å². The van der Waals surface area contributed by atoms with Crippen molar-refractivity contribution in [3.05, 3.63) is 60.6 Å². The van der Waals surface area contributed by atoms with Crippen LogP contribution in [0, 0.1) is 0 Å². The van der Waals surface area contributed by atoms with Gasteiger partial charge in [0.05, 0.1) is 7.11 Å². The third-order valence-electron chi connectivity index (χ3n) is 3.37. The Bertz CT molecular complexity index is 728. The summed E-state index contributed by atoms with van der Waals surface area (Å²) in [7, 11) is 1.67. The molecule has 0 aliphatic rings. The zero-order valence-electron chi connectivity index (χ0n) is 11.9. The summed E-state index contributed by atoms with van der Waals surface area (Å²) in [5, 5.41) is 5.59. The maximum absolute atomic E-state index is 5.29. The van der Waals surface area contributed by atoms with Crippen molar-refractivity contribution in [3.8, 4) is 5.75 Å². The molecule has 4 nitrogen and oxygen atoms in total. The fourth-order valence-corrected chi connectivity index (χ4v) is 2.27. The predicted molar refractivity (Wildman–Crippen MR) is 84.7 cm³/mol. The van der Waals surface area contributed by atoms with Gasteiger partial charge in [-0.1, -0.05) is 12.1 Å². The fraction of sp³-hybridized carbons (Fsp3) is 0.176. The molecule has 1 aromatic carbocycles. The Hall–Kier alpha value is -2.62. The monoisotopic (exact) mass is 279 g/mol. The number of methoxy groups -OCH3 is 1. The van der Waals surface area contributed by atoms with Gasteiger partial charge in [0, 0.05) is 36.4 Å². The highest BCUT2D eigenvalue weighted by atomic mass is 16.5. The molecule has 3 rings (SSSR count). The van der Waals surface area contributed by atoms with E-state index in [4.69, 9.17) is 4.74 Å². The molecular weight excluding hydrogens is 262 g/mol. The molecule has 2 heterocycles. The van der Waals surface area contributed by atoms with Gasteiger partial charge < -0.3 is 10.1 Å². The van der Waals surface area contributed by atoms with E-state index in [-0.39, 0.29) is 0 Å². The van der Waals surface area contributed by atoms with Gasteiger partial charge in [0.2, 0.25) is 0 Å². The topological polar surface area (TPSA) is 47.0 Å². The Morgan fingerprint density at radius 1 is 1.05 bits per heavy atom. The maximum Gasteiger partial charge on any atom is 0.133 e. The van der Waals surface area contributed by atoms with Gasteiger partial charge >= 0.3 is 0 Å². The third-order valence-corrected chi connectivity index (χ3v) is 3.37. The van der Waals surface area contributed by atoms with Crippen molar-refractivity contribution in [2.24, 2.45) is 0 Å². The average Bonchev–Trinajstić information content (AvgIpc) is 2.55. The van der Waals surface area contributed by atoms with Gasteiger partial charge in [0.1, 0.15) is 11.6 Å². The summed E-state index contributed by atoms with van der Waals surface area (Å²) in [5.41, 5.74) is 1.07. The Morgan fingerprint density at radius 2 is 2.00 bits per heavy atom. The van der Waals surface area contributed by atoms with E-state index in [2.05, 4.69) is 15.3 Å². The molecule has 106 valence electrons. The van der Waals surface area contributed by atoms with Gasteiger partial charge in [0.25, 0.3) is 0 Å². The first-order valence-corrected chi connectivity index (χ1v) is 6.93. The van der Waals surface area contributed by atoms with E-state index in [0.717, 1.165) is 41.0 Å². The molecule has 0 unspecified atom stereocenters. The van der Waals surface area contributed by atoms with Crippen molar-refractivity contribution in [1.82, 2.24) is 9.97 Å². The molecule has 0 atom stereocenters. The summed E-state index contributed by atoms with van der Waals surface area (Å²) < 4.78 is 5.29. The molecule has 2 aromatic heterocycles. The molecule has 0 aliphatic carbocycles. The first-order chi connectivity index (χ1) is 10.4. The zero-order chi connectivity index (χ0) is 14.5. The van der Waals surface area contributed by atoms with E-state index >= 15 is 0 Å². The summed E-state index contributed by atoms with van der Waals surface area (Å²) in [5.74, 6) is 1.71. The standard InChI is InChI=1S/C17H17N3O/c1-21-15-6-5-13-7-10-19-17(16(13)12-15)20-11-8-14-4-2-3-9-18-14/h2-7,9-10,12H,8,11H2,1H3,(H,19,20). The molecule has 1 N–H and O–H groups in total. The molecule has 0 saturated heterocycles. The number of anilines is 1. The molecular formula is C17H17N3O. The minimum absolute atomic E-state index is 0.792. The zero-order valence-corrected chi connectivity index (χ0v) is 11.9. The quantitative estimate of drug-likeness (QED) is 0.778. The summed E-state index contributed by atoms with van der Waals surface area (Å²) in [6.07, 6.45) is 4.50. The summed E-state index contributed by atoms with van der Waals surface area (Å²) in [4.78, 5) is 8.75. The first kappa shape index (κ1) is 13.4. The lowest BCUT2D eigenvalue weighted by atomic mass is 10.1. The summed E-state index contributed by atoms with van der Waals surface area (Å²) >= 11 is 0. The number of hydrogen-bond acceptors (Lipinski definition) is 4. The van der Waals surface area contributed by atoms with E-state index < -0.39 is 0 Å². The van der Waals surface area contributed by atoms with E-state index in [1.807, 2.05) is 54.9 Å². The molecule has 0 aliphatic heterocycles. The van der Waals surface area contributed by atoms with Gasteiger partial charge in [-0.25, -0.2) is 4.98 Å². The van der Waals surface area contributed by atoms with E-state index in [0.29, 0.717) is 0 Å².